The number of aliphatic hydroxyl groups excluding tert-OH is 1. The number of hydrogen-bond donors (Lipinski definition) is 3. The number of carbonyl (C=O) groups excluding carboxylic acids is 2. The molecule has 2 amide bonds. The molecule has 3 aromatic carbocycles. The predicted octanol–water partition coefficient (Wildman–Crippen LogP) is 4.98. The van der Waals surface area contributed by atoms with Gasteiger partial charge in [0.05, 0.1) is 12.2 Å². The molecule has 0 spiro atoms. The minimum absolute atomic E-state index is 0.0802. The zero-order valence-electron chi connectivity index (χ0n) is 19.5. The topological polar surface area (TPSA) is 96.9 Å². The Balaban J connectivity index is 1.72. The third-order valence-electron chi connectivity index (χ3n) is 4.84. The Morgan fingerprint density at radius 1 is 0.868 bits per heavy atom. The van der Waals surface area contributed by atoms with Crippen molar-refractivity contribution in [3.63, 3.8) is 0 Å². The summed E-state index contributed by atoms with van der Waals surface area (Å²) in [5.41, 5.74) is -0.482. The van der Waals surface area contributed by atoms with Gasteiger partial charge in [-0.3, -0.25) is 9.59 Å². The zero-order chi connectivity index (χ0) is 27.7. The molecule has 0 bridgehead atoms. The maximum absolute atomic E-state index is 12.8. The molecule has 0 aliphatic heterocycles. The van der Waals surface area contributed by atoms with Gasteiger partial charge < -0.3 is 25.2 Å². The van der Waals surface area contributed by atoms with Gasteiger partial charge in [-0.25, -0.2) is 0 Å². The van der Waals surface area contributed by atoms with Crippen molar-refractivity contribution in [1.29, 1.82) is 0 Å². The van der Waals surface area contributed by atoms with Crippen molar-refractivity contribution in [2.24, 2.45) is 0 Å². The average molecular weight is 536 g/mol. The van der Waals surface area contributed by atoms with E-state index in [9.17, 15) is 31.5 Å². The molecule has 3 N–H and O–H groups in total. The minimum atomic E-state index is -4.47. The smallest absolute Gasteiger partial charge is 0.416 e. The summed E-state index contributed by atoms with van der Waals surface area (Å²) in [6.07, 6.45) is -3.17. The molecule has 0 aliphatic carbocycles. The molecule has 0 heterocycles. The fourth-order valence-corrected chi connectivity index (χ4v) is 3.05. The van der Waals surface area contributed by atoms with Crippen LogP contribution in [0.25, 0.3) is 6.08 Å². The molecule has 0 radical (unpaired) electrons. The Kier molecular flexibility index (Phi) is 9.39. The number of amides is 2. The highest BCUT2D eigenvalue weighted by Gasteiger charge is 2.30. The molecule has 200 valence electrons. The first-order chi connectivity index (χ1) is 18.0. The summed E-state index contributed by atoms with van der Waals surface area (Å²) in [7, 11) is 0. The van der Waals surface area contributed by atoms with E-state index in [1.54, 1.807) is 0 Å². The Morgan fingerprint density at radius 3 is 1.95 bits per heavy atom. The van der Waals surface area contributed by atoms with Crippen LogP contribution in [-0.2, 0) is 11.0 Å². The third-order valence-corrected chi connectivity index (χ3v) is 4.84. The van der Waals surface area contributed by atoms with E-state index >= 15 is 0 Å². The summed E-state index contributed by atoms with van der Waals surface area (Å²) in [5.74, 6) is -1.06. The molecule has 38 heavy (non-hydrogen) atoms. The lowest BCUT2D eigenvalue weighted by molar-refractivity contribution is -0.137. The first kappa shape index (κ1) is 28.1. The molecule has 3 rings (SSSR count). The summed E-state index contributed by atoms with van der Waals surface area (Å²) in [5, 5.41) is 13.8. The lowest BCUT2D eigenvalue weighted by Gasteiger charge is -2.12. The van der Waals surface area contributed by atoms with Crippen molar-refractivity contribution < 1.29 is 46.1 Å². The number of halogens is 5. The van der Waals surface area contributed by atoms with Crippen molar-refractivity contribution in [2.45, 2.75) is 12.8 Å². The van der Waals surface area contributed by atoms with Crippen LogP contribution in [0.4, 0.5) is 22.0 Å². The molecule has 3 aromatic rings. The fraction of sp³-hybridized carbons (Fsp3) is 0.154. The molecule has 0 unspecified atom stereocenters. The number of hydrogen-bond acceptors (Lipinski definition) is 5. The summed E-state index contributed by atoms with van der Waals surface area (Å²) < 4.78 is 72.6. The third kappa shape index (κ3) is 8.30. The quantitative estimate of drug-likeness (QED) is 0.251. The molecule has 0 aliphatic rings. The normalized spacial score (nSPS) is 11.7. The largest absolute Gasteiger partial charge is 0.457 e. The second-order valence-electron chi connectivity index (χ2n) is 7.59. The van der Waals surface area contributed by atoms with Crippen LogP contribution in [0.3, 0.4) is 0 Å². The summed E-state index contributed by atoms with van der Waals surface area (Å²) in [6.45, 7) is -3.42. The molecular weight excluding hydrogens is 515 g/mol. The molecule has 0 fully saturated rings. The summed E-state index contributed by atoms with van der Waals surface area (Å²) in [4.78, 5) is 25.3. The van der Waals surface area contributed by atoms with Crippen molar-refractivity contribution >= 4 is 17.9 Å². The van der Waals surface area contributed by atoms with E-state index in [2.05, 4.69) is 15.4 Å². The molecule has 0 aromatic heterocycles. The highest BCUT2D eigenvalue weighted by Crippen LogP contribution is 2.31. The van der Waals surface area contributed by atoms with Gasteiger partial charge >= 0.3 is 12.8 Å². The van der Waals surface area contributed by atoms with Gasteiger partial charge in [-0.1, -0.05) is 12.1 Å². The number of alkyl halides is 5. The average Bonchev–Trinajstić information content (AvgIpc) is 2.88. The first-order valence-electron chi connectivity index (χ1n) is 11.0. The summed E-state index contributed by atoms with van der Waals surface area (Å²) in [6, 6.07) is 15.0. The van der Waals surface area contributed by atoms with Crippen LogP contribution in [-0.4, -0.2) is 36.7 Å². The van der Waals surface area contributed by atoms with Crippen LogP contribution >= 0.6 is 0 Å². The standard InChI is InChI=1S/C26H21F5N2O5/c27-25(28)38-21-7-1-16(2-8-21)15-22(24(36)32-13-14-34)33-23(35)17-3-9-19(10-4-17)37-20-11-5-18(6-12-20)26(29,30)31/h1-12,15,25,34H,13-14H2,(H,32,36)(H,33,35). The lowest BCUT2D eigenvalue weighted by atomic mass is 10.1. The van der Waals surface area contributed by atoms with E-state index < -0.39 is 30.2 Å². The van der Waals surface area contributed by atoms with E-state index in [0.717, 1.165) is 24.3 Å². The van der Waals surface area contributed by atoms with Crippen molar-refractivity contribution in [3.05, 3.63) is 95.2 Å². The van der Waals surface area contributed by atoms with Crippen LogP contribution in [0, 0.1) is 0 Å². The van der Waals surface area contributed by atoms with Gasteiger partial charge in [0.2, 0.25) is 0 Å². The lowest BCUT2D eigenvalue weighted by Crippen LogP contribution is -2.36. The van der Waals surface area contributed by atoms with Gasteiger partial charge in [0, 0.05) is 12.1 Å². The molecule has 0 saturated heterocycles. The molecule has 0 atom stereocenters. The highest BCUT2D eigenvalue weighted by molar-refractivity contribution is 6.05. The Bertz CT molecular complexity index is 1260. The van der Waals surface area contributed by atoms with E-state index in [0.29, 0.717) is 5.56 Å². The first-order valence-corrected chi connectivity index (χ1v) is 11.0. The van der Waals surface area contributed by atoms with Gasteiger partial charge in [-0.2, -0.15) is 22.0 Å². The van der Waals surface area contributed by atoms with Gasteiger partial charge in [-0.05, 0) is 72.3 Å². The zero-order valence-corrected chi connectivity index (χ0v) is 19.5. The van der Waals surface area contributed by atoms with Crippen LogP contribution in [0.2, 0.25) is 0 Å². The maximum atomic E-state index is 12.8. The van der Waals surface area contributed by atoms with Gasteiger partial charge in [0.1, 0.15) is 22.9 Å². The van der Waals surface area contributed by atoms with E-state index in [1.165, 1.54) is 54.6 Å². The number of rotatable bonds is 10. The number of aliphatic hydroxyl groups is 1. The Morgan fingerprint density at radius 2 is 1.42 bits per heavy atom. The number of benzene rings is 3. The monoisotopic (exact) mass is 536 g/mol. The van der Waals surface area contributed by atoms with E-state index in [4.69, 9.17) is 9.84 Å². The van der Waals surface area contributed by atoms with Crippen molar-refractivity contribution in [1.82, 2.24) is 10.6 Å². The fourth-order valence-electron chi connectivity index (χ4n) is 3.05. The van der Waals surface area contributed by atoms with Crippen LogP contribution < -0.4 is 20.1 Å². The van der Waals surface area contributed by atoms with E-state index in [1.807, 2.05) is 0 Å². The second-order valence-corrected chi connectivity index (χ2v) is 7.59. The van der Waals surface area contributed by atoms with Gasteiger partial charge in [0.25, 0.3) is 11.8 Å². The minimum Gasteiger partial charge on any atom is -0.457 e. The Hall–Kier alpha value is -4.45. The molecule has 0 saturated carbocycles. The maximum Gasteiger partial charge on any atom is 0.416 e. The predicted molar refractivity (Wildman–Crippen MR) is 127 cm³/mol. The second kappa shape index (κ2) is 12.7. The molecule has 12 heteroatoms. The summed E-state index contributed by atoms with van der Waals surface area (Å²) >= 11 is 0. The molecular formula is C26H21F5N2O5. The number of nitrogens with one attached hydrogen (secondary N) is 2. The van der Waals surface area contributed by atoms with Crippen molar-refractivity contribution in [2.75, 3.05) is 13.2 Å². The van der Waals surface area contributed by atoms with Crippen LogP contribution in [0.5, 0.6) is 17.2 Å². The van der Waals surface area contributed by atoms with Crippen molar-refractivity contribution in [3.8, 4) is 17.2 Å². The Labute approximate surface area is 213 Å². The van der Waals surface area contributed by atoms with Crippen LogP contribution in [0.1, 0.15) is 21.5 Å². The number of ether oxygens (including phenoxy) is 2. The van der Waals surface area contributed by atoms with E-state index in [-0.39, 0.29) is 41.7 Å². The highest BCUT2D eigenvalue weighted by atomic mass is 19.4. The van der Waals surface area contributed by atoms with Gasteiger partial charge in [-0.15, -0.1) is 0 Å². The van der Waals surface area contributed by atoms with Crippen LogP contribution in [0.15, 0.2) is 78.5 Å². The van der Waals surface area contributed by atoms with Gasteiger partial charge in [0.15, 0.2) is 0 Å². The molecule has 7 nitrogen and oxygen atoms in total. The SMILES string of the molecule is O=C(NCCO)C(=Cc1ccc(OC(F)F)cc1)NC(=O)c1ccc(Oc2ccc(C(F)(F)F)cc2)cc1. The number of carbonyl (C=O) groups is 2.